The van der Waals surface area contributed by atoms with Gasteiger partial charge in [0.1, 0.15) is 0 Å². The topological polar surface area (TPSA) is 47.7 Å². The van der Waals surface area contributed by atoms with Crippen molar-refractivity contribution in [2.75, 3.05) is 40.5 Å². The van der Waals surface area contributed by atoms with Crippen LogP contribution in [0.3, 0.4) is 0 Å². The van der Waals surface area contributed by atoms with Gasteiger partial charge < -0.3 is 15.2 Å². The zero-order chi connectivity index (χ0) is 12.9. The third kappa shape index (κ3) is 3.91. The second-order valence-electron chi connectivity index (χ2n) is 5.73. The van der Waals surface area contributed by atoms with Gasteiger partial charge in [0.15, 0.2) is 0 Å². The second-order valence-corrected chi connectivity index (χ2v) is 5.73. The van der Waals surface area contributed by atoms with Crippen molar-refractivity contribution >= 4 is 0 Å². The lowest BCUT2D eigenvalue weighted by Crippen LogP contribution is -2.59. The molecule has 0 saturated carbocycles. The molecular formula is C13H28N2O2. The lowest BCUT2D eigenvalue weighted by molar-refractivity contribution is -0.113. The molecule has 0 radical (unpaired) electrons. The van der Waals surface area contributed by atoms with Crippen LogP contribution in [0, 0.1) is 0 Å². The predicted octanol–water partition coefficient (Wildman–Crippen LogP) is 1.24. The minimum Gasteiger partial charge on any atom is -0.385 e. The number of ether oxygens (including phenoxy) is 2. The summed E-state index contributed by atoms with van der Waals surface area (Å²) in [5.41, 5.74) is 6.07. The Morgan fingerprint density at radius 1 is 1.41 bits per heavy atom. The molecule has 1 atom stereocenters. The number of rotatable bonds is 6. The minimum absolute atomic E-state index is 0.0624. The summed E-state index contributed by atoms with van der Waals surface area (Å²) in [6, 6.07) is 0. The molecule has 1 unspecified atom stereocenters. The molecule has 17 heavy (non-hydrogen) atoms. The standard InChI is InChI=1S/C13H28N2O2/c1-12(2)10-13(11-14,6-9-17-12)15(3)7-5-8-16-4/h5-11,14H2,1-4H3. The summed E-state index contributed by atoms with van der Waals surface area (Å²) < 4.78 is 10.9. The summed E-state index contributed by atoms with van der Waals surface area (Å²) in [5.74, 6) is 0. The normalized spacial score (nSPS) is 28.6. The zero-order valence-electron chi connectivity index (χ0n) is 11.8. The predicted molar refractivity (Wildman–Crippen MR) is 70.2 cm³/mol. The summed E-state index contributed by atoms with van der Waals surface area (Å²) in [6.45, 7) is 7.65. The number of methoxy groups -OCH3 is 1. The molecule has 0 amide bonds. The maximum Gasteiger partial charge on any atom is 0.0644 e. The summed E-state index contributed by atoms with van der Waals surface area (Å²) in [4.78, 5) is 2.40. The molecule has 4 heteroatoms. The van der Waals surface area contributed by atoms with Crippen LogP contribution in [0.4, 0.5) is 0 Å². The van der Waals surface area contributed by atoms with Crippen molar-refractivity contribution in [3.63, 3.8) is 0 Å². The Hall–Kier alpha value is -0.160. The highest BCUT2D eigenvalue weighted by molar-refractivity contribution is 4.98. The molecule has 0 aromatic carbocycles. The van der Waals surface area contributed by atoms with Gasteiger partial charge in [-0.3, -0.25) is 4.90 Å². The Kier molecular flexibility index (Phi) is 5.38. The van der Waals surface area contributed by atoms with Crippen LogP contribution in [0.25, 0.3) is 0 Å². The lowest BCUT2D eigenvalue weighted by atomic mass is 9.80. The highest BCUT2D eigenvalue weighted by atomic mass is 16.5. The van der Waals surface area contributed by atoms with Gasteiger partial charge in [-0.1, -0.05) is 0 Å². The minimum atomic E-state index is -0.0624. The molecule has 0 aliphatic carbocycles. The van der Waals surface area contributed by atoms with Crippen LogP contribution in [0.5, 0.6) is 0 Å². The van der Waals surface area contributed by atoms with Crippen molar-refractivity contribution in [3.05, 3.63) is 0 Å². The maximum absolute atomic E-state index is 6.04. The zero-order valence-corrected chi connectivity index (χ0v) is 11.8. The van der Waals surface area contributed by atoms with Crippen LogP contribution in [-0.2, 0) is 9.47 Å². The van der Waals surface area contributed by atoms with E-state index in [0.717, 1.165) is 39.0 Å². The molecule has 1 fully saturated rings. The summed E-state index contributed by atoms with van der Waals surface area (Å²) in [7, 11) is 3.92. The summed E-state index contributed by atoms with van der Waals surface area (Å²) >= 11 is 0. The van der Waals surface area contributed by atoms with E-state index in [1.165, 1.54) is 0 Å². The molecule has 1 aliphatic heterocycles. The van der Waals surface area contributed by atoms with Gasteiger partial charge in [-0.2, -0.15) is 0 Å². The first-order valence-corrected chi connectivity index (χ1v) is 6.50. The van der Waals surface area contributed by atoms with E-state index in [-0.39, 0.29) is 11.1 Å². The molecule has 1 aliphatic rings. The van der Waals surface area contributed by atoms with E-state index in [0.29, 0.717) is 6.54 Å². The molecule has 4 nitrogen and oxygen atoms in total. The Balaban J connectivity index is 2.60. The van der Waals surface area contributed by atoms with Gasteiger partial charge in [0.2, 0.25) is 0 Å². The van der Waals surface area contributed by atoms with E-state index < -0.39 is 0 Å². The van der Waals surface area contributed by atoms with E-state index in [9.17, 15) is 0 Å². The summed E-state index contributed by atoms with van der Waals surface area (Å²) in [5, 5.41) is 0. The highest BCUT2D eigenvalue weighted by Crippen LogP contribution is 2.35. The van der Waals surface area contributed by atoms with Crippen molar-refractivity contribution in [2.45, 2.75) is 44.2 Å². The SMILES string of the molecule is COCCCN(C)C1(CN)CCOC(C)(C)C1. The molecule has 0 bridgehead atoms. The Labute approximate surface area is 105 Å². The molecule has 1 heterocycles. The first-order valence-electron chi connectivity index (χ1n) is 6.50. The average Bonchev–Trinajstić information content (AvgIpc) is 2.27. The van der Waals surface area contributed by atoms with Crippen LogP contribution in [0.1, 0.15) is 33.1 Å². The van der Waals surface area contributed by atoms with Crippen molar-refractivity contribution in [3.8, 4) is 0 Å². The van der Waals surface area contributed by atoms with E-state index in [4.69, 9.17) is 15.2 Å². The van der Waals surface area contributed by atoms with Crippen molar-refractivity contribution in [1.29, 1.82) is 0 Å². The monoisotopic (exact) mass is 244 g/mol. The lowest BCUT2D eigenvalue weighted by Gasteiger charge is -2.49. The second kappa shape index (κ2) is 6.14. The Morgan fingerprint density at radius 3 is 2.65 bits per heavy atom. The van der Waals surface area contributed by atoms with E-state index >= 15 is 0 Å². The fourth-order valence-electron chi connectivity index (χ4n) is 2.79. The molecule has 102 valence electrons. The van der Waals surface area contributed by atoms with Gasteiger partial charge in [0, 0.05) is 39.0 Å². The largest absolute Gasteiger partial charge is 0.385 e. The summed E-state index contributed by atoms with van der Waals surface area (Å²) in [6.07, 6.45) is 3.08. The number of likely N-dealkylation sites (N-methyl/N-ethyl adjacent to an activating group) is 1. The van der Waals surface area contributed by atoms with Crippen LogP contribution < -0.4 is 5.73 Å². The molecule has 0 aromatic rings. The van der Waals surface area contributed by atoms with Gasteiger partial charge >= 0.3 is 0 Å². The molecule has 1 rings (SSSR count). The number of nitrogens with zero attached hydrogens (tertiary/aromatic N) is 1. The van der Waals surface area contributed by atoms with Gasteiger partial charge in [-0.05, 0) is 40.2 Å². The first kappa shape index (κ1) is 14.9. The van der Waals surface area contributed by atoms with Crippen LogP contribution in [0.2, 0.25) is 0 Å². The number of hydrogen-bond acceptors (Lipinski definition) is 4. The quantitative estimate of drug-likeness (QED) is 0.714. The van der Waals surface area contributed by atoms with Crippen LogP contribution in [0.15, 0.2) is 0 Å². The van der Waals surface area contributed by atoms with Gasteiger partial charge in [0.05, 0.1) is 5.60 Å². The fourth-order valence-corrected chi connectivity index (χ4v) is 2.79. The van der Waals surface area contributed by atoms with Crippen molar-refractivity contribution in [2.24, 2.45) is 5.73 Å². The van der Waals surface area contributed by atoms with Gasteiger partial charge in [0.25, 0.3) is 0 Å². The molecule has 1 saturated heterocycles. The van der Waals surface area contributed by atoms with Gasteiger partial charge in [-0.25, -0.2) is 0 Å². The van der Waals surface area contributed by atoms with Crippen molar-refractivity contribution in [1.82, 2.24) is 4.90 Å². The maximum atomic E-state index is 6.04. The van der Waals surface area contributed by atoms with Gasteiger partial charge in [-0.15, -0.1) is 0 Å². The van der Waals surface area contributed by atoms with E-state index in [1.807, 2.05) is 0 Å². The first-order chi connectivity index (χ1) is 7.96. The molecule has 0 aromatic heterocycles. The number of nitrogens with two attached hydrogens (primary N) is 1. The van der Waals surface area contributed by atoms with Crippen molar-refractivity contribution < 1.29 is 9.47 Å². The number of hydrogen-bond donors (Lipinski definition) is 1. The Bertz CT molecular complexity index is 233. The van der Waals surface area contributed by atoms with Crippen LogP contribution >= 0.6 is 0 Å². The smallest absolute Gasteiger partial charge is 0.0644 e. The molecule has 2 N–H and O–H groups in total. The third-order valence-electron chi connectivity index (χ3n) is 3.85. The molecular weight excluding hydrogens is 216 g/mol. The Morgan fingerprint density at radius 2 is 2.12 bits per heavy atom. The average molecular weight is 244 g/mol. The highest BCUT2D eigenvalue weighted by Gasteiger charge is 2.42. The van der Waals surface area contributed by atoms with Crippen LogP contribution in [-0.4, -0.2) is 56.5 Å². The third-order valence-corrected chi connectivity index (χ3v) is 3.85. The van der Waals surface area contributed by atoms with E-state index in [1.54, 1.807) is 7.11 Å². The fraction of sp³-hybridized carbons (Fsp3) is 1.00. The molecule has 0 spiro atoms. The van der Waals surface area contributed by atoms with E-state index in [2.05, 4.69) is 25.8 Å².